The Morgan fingerprint density at radius 2 is 1.84 bits per heavy atom. The van der Waals surface area contributed by atoms with Crippen LogP contribution in [0.5, 0.6) is 5.75 Å². The van der Waals surface area contributed by atoms with Crippen LogP contribution in [-0.4, -0.2) is 19.7 Å². The second-order valence-corrected chi connectivity index (χ2v) is 5.28. The molecule has 2 nitrogen and oxygen atoms in total. The summed E-state index contributed by atoms with van der Waals surface area (Å²) in [5, 5.41) is 3.26. The van der Waals surface area contributed by atoms with Crippen LogP contribution in [0.4, 0.5) is 0 Å². The van der Waals surface area contributed by atoms with E-state index in [2.05, 4.69) is 43.4 Å². The Hall–Kier alpha value is -1.02. The highest BCUT2D eigenvalue weighted by atomic mass is 16.5. The molecule has 0 heterocycles. The maximum atomic E-state index is 5.76. The van der Waals surface area contributed by atoms with Crippen molar-refractivity contribution in [1.82, 2.24) is 5.32 Å². The molecular formula is C17H29NO. The molecule has 2 heteroatoms. The Bertz CT molecular complexity index is 321. The van der Waals surface area contributed by atoms with Crippen molar-refractivity contribution in [3.05, 3.63) is 29.8 Å². The number of benzene rings is 1. The monoisotopic (exact) mass is 263 g/mol. The predicted molar refractivity (Wildman–Crippen MR) is 82.9 cm³/mol. The molecule has 108 valence electrons. The summed E-state index contributed by atoms with van der Waals surface area (Å²) in [5.74, 6) is 1.00. The molecule has 0 aliphatic heterocycles. The number of nitrogens with one attached hydrogen (secondary N) is 1. The van der Waals surface area contributed by atoms with Crippen molar-refractivity contribution in [3.8, 4) is 5.75 Å². The number of aryl methyl sites for hydroxylation is 1. The molecule has 0 saturated heterocycles. The third-order valence-electron chi connectivity index (χ3n) is 3.54. The molecule has 1 unspecified atom stereocenters. The number of rotatable bonds is 10. The summed E-state index contributed by atoms with van der Waals surface area (Å²) in [6.45, 7) is 5.27. The molecule has 1 N–H and O–H groups in total. The van der Waals surface area contributed by atoms with E-state index in [4.69, 9.17) is 4.74 Å². The lowest BCUT2D eigenvalue weighted by Crippen LogP contribution is -2.20. The van der Waals surface area contributed by atoms with Crippen LogP contribution in [0.25, 0.3) is 0 Å². The first-order valence-corrected chi connectivity index (χ1v) is 7.65. The first-order chi connectivity index (χ1) is 9.26. The van der Waals surface area contributed by atoms with Crippen molar-refractivity contribution in [2.45, 2.75) is 58.4 Å². The van der Waals surface area contributed by atoms with E-state index in [1.54, 1.807) is 0 Å². The van der Waals surface area contributed by atoms with Crippen molar-refractivity contribution < 1.29 is 4.74 Å². The average Bonchev–Trinajstić information content (AvgIpc) is 2.45. The zero-order valence-corrected chi connectivity index (χ0v) is 12.7. The molecule has 0 bridgehead atoms. The average molecular weight is 263 g/mol. The normalized spacial score (nSPS) is 12.4. The van der Waals surface area contributed by atoms with Crippen LogP contribution in [0, 0.1) is 0 Å². The number of ether oxygens (including phenoxy) is 1. The van der Waals surface area contributed by atoms with Gasteiger partial charge in [0.05, 0.1) is 6.61 Å². The molecule has 19 heavy (non-hydrogen) atoms. The maximum Gasteiger partial charge on any atom is 0.119 e. The molecule has 1 atom stereocenters. The van der Waals surface area contributed by atoms with Crippen molar-refractivity contribution in [2.75, 3.05) is 13.7 Å². The minimum Gasteiger partial charge on any atom is -0.494 e. The minimum atomic E-state index is 0.609. The standard InChI is InChI=1S/C17H29NO/c1-4-5-9-16-10-12-17(13-11-16)19-14-7-6-8-15(2)18-3/h10-13,15,18H,4-9,14H2,1-3H3. The minimum absolute atomic E-state index is 0.609. The lowest BCUT2D eigenvalue weighted by atomic mass is 10.1. The maximum absolute atomic E-state index is 5.76. The first-order valence-electron chi connectivity index (χ1n) is 7.65. The molecule has 1 rings (SSSR count). The van der Waals surface area contributed by atoms with E-state index in [9.17, 15) is 0 Å². The Labute approximate surface area is 118 Å². The fourth-order valence-corrected chi connectivity index (χ4v) is 2.02. The largest absolute Gasteiger partial charge is 0.494 e. The van der Waals surface area contributed by atoms with Crippen LogP contribution < -0.4 is 10.1 Å². The molecule has 0 aliphatic rings. The third-order valence-corrected chi connectivity index (χ3v) is 3.54. The second kappa shape index (κ2) is 9.85. The molecule has 0 aromatic heterocycles. The summed E-state index contributed by atoms with van der Waals surface area (Å²) < 4.78 is 5.76. The Morgan fingerprint density at radius 3 is 2.47 bits per heavy atom. The quantitative estimate of drug-likeness (QED) is 0.639. The van der Waals surface area contributed by atoms with Gasteiger partial charge in [-0.3, -0.25) is 0 Å². The van der Waals surface area contributed by atoms with Crippen LogP contribution in [0.1, 0.15) is 51.5 Å². The molecule has 1 aromatic carbocycles. The fourth-order valence-electron chi connectivity index (χ4n) is 2.02. The Morgan fingerprint density at radius 1 is 1.11 bits per heavy atom. The summed E-state index contributed by atoms with van der Waals surface area (Å²) in [6, 6.07) is 9.18. The van der Waals surface area contributed by atoms with E-state index < -0.39 is 0 Å². The lowest BCUT2D eigenvalue weighted by Gasteiger charge is -2.10. The Balaban J connectivity index is 2.15. The number of hydrogen-bond donors (Lipinski definition) is 1. The van der Waals surface area contributed by atoms with Crippen molar-refractivity contribution in [1.29, 1.82) is 0 Å². The van der Waals surface area contributed by atoms with Gasteiger partial charge < -0.3 is 10.1 Å². The Kier molecular flexibility index (Phi) is 8.31. The molecule has 1 aromatic rings. The van der Waals surface area contributed by atoms with Gasteiger partial charge in [0.1, 0.15) is 5.75 Å². The predicted octanol–water partition coefficient (Wildman–Crippen LogP) is 4.19. The van der Waals surface area contributed by atoms with Crippen molar-refractivity contribution >= 4 is 0 Å². The van der Waals surface area contributed by atoms with Crippen LogP contribution >= 0.6 is 0 Å². The van der Waals surface area contributed by atoms with Gasteiger partial charge in [0.15, 0.2) is 0 Å². The molecule has 0 radical (unpaired) electrons. The van der Waals surface area contributed by atoms with Crippen LogP contribution in [0.2, 0.25) is 0 Å². The van der Waals surface area contributed by atoms with E-state index in [1.807, 2.05) is 7.05 Å². The van der Waals surface area contributed by atoms with Crippen LogP contribution in [-0.2, 0) is 6.42 Å². The van der Waals surface area contributed by atoms with Gasteiger partial charge in [-0.15, -0.1) is 0 Å². The van der Waals surface area contributed by atoms with E-state index in [-0.39, 0.29) is 0 Å². The van der Waals surface area contributed by atoms with Gasteiger partial charge in [-0.25, -0.2) is 0 Å². The summed E-state index contributed by atoms with van der Waals surface area (Å²) in [6.07, 6.45) is 7.27. The highest BCUT2D eigenvalue weighted by Crippen LogP contribution is 2.14. The van der Waals surface area contributed by atoms with E-state index in [1.165, 1.54) is 37.7 Å². The highest BCUT2D eigenvalue weighted by molar-refractivity contribution is 5.27. The molecule has 0 fully saturated rings. The van der Waals surface area contributed by atoms with Gasteiger partial charge >= 0.3 is 0 Å². The molecule has 0 amide bonds. The van der Waals surface area contributed by atoms with Gasteiger partial charge in [0.2, 0.25) is 0 Å². The number of unbranched alkanes of at least 4 members (excludes halogenated alkanes) is 2. The van der Waals surface area contributed by atoms with Gasteiger partial charge in [0.25, 0.3) is 0 Å². The molecule has 0 spiro atoms. The topological polar surface area (TPSA) is 21.3 Å². The fraction of sp³-hybridized carbons (Fsp3) is 0.647. The zero-order valence-electron chi connectivity index (χ0n) is 12.7. The molecular weight excluding hydrogens is 234 g/mol. The SMILES string of the molecule is CCCCc1ccc(OCCCCC(C)NC)cc1. The van der Waals surface area contributed by atoms with Gasteiger partial charge in [-0.1, -0.05) is 25.5 Å². The van der Waals surface area contributed by atoms with E-state index in [0.29, 0.717) is 6.04 Å². The molecule has 0 aliphatic carbocycles. The van der Waals surface area contributed by atoms with Gasteiger partial charge in [0, 0.05) is 6.04 Å². The van der Waals surface area contributed by atoms with Crippen LogP contribution in [0.3, 0.4) is 0 Å². The molecule has 0 saturated carbocycles. The van der Waals surface area contributed by atoms with E-state index in [0.717, 1.165) is 18.8 Å². The lowest BCUT2D eigenvalue weighted by molar-refractivity contribution is 0.302. The highest BCUT2D eigenvalue weighted by Gasteiger charge is 1.99. The van der Waals surface area contributed by atoms with Crippen LogP contribution in [0.15, 0.2) is 24.3 Å². The van der Waals surface area contributed by atoms with Gasteiger partial charge in [-0.2, -0.15) is 0 Å². The van der Waals surface area contributed by atoms with Crippen molar-refractivity contribution in [2.24, 2.45) is 0 Å². The third kappa shape index (κ3) is 7.22. The summed E-state index contributed by atoms with van der Waals surface area (Å²) in [7, 11) is 2.02. The first kappa shape index (κ1) is 16.0. The van der Waals surface area contributed by atoms with E-state index >= 15 is 0 Å². The smallest absolute Gasteiger partial charge is 0.119 e. The number of hydrogen-bond acceptors (Lipinski definition) is 2. The summed E-state index contributed by atoms with van der Waals surface area (Å²) in [4.78, 5) is 0. The summed E-state index contributed by atoms with van der Waals surface area (Å²) in [5.41, 5.74) is 1.41. The van der Waals surface area contributed by atoms with Crippen molar-refractivity contribution in [3.63, 3.8) is 0 Å². The summed E-state index contributed by atoms with van der Waals surface area (Å²) >= 11 is 0. The van der Waals surface area contributed by atoms with Gasteiger partial charge in [-0.05, 0) is 63.8 Å². The zero-order chi connectivity index (χ0) is 13.9. The second-order valence-electron chi connectivity index (χ2n) is 5.28.